The molecule has 3 atom stereocenters. The van der Waals surface area contributed by atoms with Crippen molar-refractivity contribution in [2.45, 2.75) is 45.8 Å². The Kier molecular flexibility index (Phi) is 10.6. The highest BCUT2D eigenvalue weighted by atomic mass is 35.5. The van der Waals surface area contributed by atoms with Crippen LogP contribution in [0, 0.1) is 5.92 Å². The number of benzene rings is 1. The first-order chi connectivity index (χ1) is 10.5. The van der Waals surface area contributed by atoms with E-state index in [9.17, 15) is 4.79 Å². The third-order valence-corrected chi connectivity index (χ3v) is 4.82. The molecule has 6 heteroatoms. The molecule has 1 aromatic carbocycles. The largest absolute Gasteiger partial charge is 0.341 e. The van der Waals surface area contributed by atoms with Crippen LogP contribution in [0.3, 0.4) is 0 Å². The second-order valence-corrected chi connectivity index (χ2v) is 6.57. The Bertz CT molecular complexity index is 484. The van der Waals surface area contributed by atoms with E-state index < -0.39 is 0 Å². The van der Waals surface area contributed by atoms with Crippen LogP contribution >= 0.6 is 24.8 Å². The van der Waals surface area contributed by atoms with Gasteiger partial charge in [-0.25, -0.2) is 0 Å². The van der Waals surface area contributed by atoms with Crippen LogP contribution in [0.4, 0.5) is 0 Å². The molecule has 0 bridgehead atoms. The molecule has 4 nitrogen and oxygen atoms in total. The molecule has 0 aromatic heterocycles. The summed E-state index contributed by atoms with van der Waals surface area (Å²) in [7, 11) is 0. The van der Waals surface area contributed by atoms with Crippen molar-refractivity contribution in [1.29, 1.82) is 0 Å². The summed E-state index contributed by atoms with van der Waals surface area (Å²) < 4.78 is 0. The van der Waals surface area contributed by atoms with E-state index in [1.165, 1.54) is 5.56 Å². The predicted octanol–water partition coefficient (Wildman–Crippen LogP) is 2.94. The summed E-state index contributed by atoms with van der Waals surface area (Å²) in [5, 5.41) is 0. The molecule has 1 saturated heterocycles. The fourth-order valence-corrected chi connectivity index (χ4v) is 2.89. The fourth-order valence-electron chi connectivity index (χ4n) is 2.89. The molecule has 1 aromatic rings. The number of rotatable bonds is 4. The quantitative estimate of drug-likeness (QED) is 0.879. The molecular formula is C18H31Cl2N3O. The van der Waals surface area contributed by atoms with Crippen molar-refractivity contribution in [1.82, 2.24) is 9.80 Å². The number of halogens is 2. The van der Waals surface area contributed by atoms with Gasteiger partial charge in [-0.2, -0.15) is 0 Å². The Morgan fingerprint density at radius 3 is 2.38 bits per heavy atom. The van der Waals surface area contributed by atoms with Gasteiger partial charge in [0.25, 0.3) is 0 Å². The Hall–Kier alpha value is -0.810. The summed E-state index contributed by atoms with van der Waals surface area (Å²) in [5.41, 5.74) is 7.21. The molecule has 1 aliphatic heterocycles. The summed E-state index contributed by atoms with van der Waals surface area (Å²) in [5.74, 6) is 0.0970. The van der Waals surface area contributed by atoms with Gasteiger partial charge in [0.05, 0.1) is 5.92 Å². The number of hydrogen-bond donors (Lipinski definition) is 1. The Balaban J connectivity index is 0.00000264. The van der Waals surface area contributed by atoms with E-state index in [4.69, 9.17) is 5.73 Å². The minimum atomic E-state index is -0.101. The zero-order chi connectivity index (χ0) is 16.1. The number of carbonyl (C=O) groups is 1. The van der Waals surface area contributed by atoms with Gasteiger partial charge in [0.15, 0.2) is 0 Å². The summed E-state index contributed by atoms with van der Waals surface area (Å²) in [6, 6.07) is 10.9. The zero-order valence-electron chi connectivity index (χ0n) is 14.9. The molecule has 24 heavy (non-hydrogen) atoms. The third kappa shape index (κ3) is 6.25. The van der Waals surface area contributed by atoms with Crippen LogP contribution in [0.2, 0.25) is 0 Å². The van der Waals surface area contributed by atoms with Crippen LogP contribution < -0.4 is 5.73 Å². The standard InChI is InChI=1S/C18H29N3O.2ClH/c1-14-9-10-20(18(22)15(2)16(3)19)11-12-21(14)13-17-7-5-4-6-8-17;;/h4-8,14-16H,9-13,19H2,1-3H3;2*1H. The maximum absolute atomic E-state index is 12.5. The maximum Gasteiger partial charge on any atom is 0.226 e. The predicted molar refractivity (Wildman–Crippen MR) is 105 cm³/mol. The summed E-state index contributed by atoms with van der Waals surface area (Å²) >= 11 is 0. The number of nitrogens with two attached hydrogens (primary N) is 1. The van der Waals surface area contributed by atoms with Crippen molar-refractivity contribution >= 4 is 30.7 Å². The van der Waals surface area contributed by atoms with E-state index in [0.29, 0.717) is 6.04 Å². The van der Waals surface area contributed by atoms with E-state index in [1.54, 1.807) is 0 Å². The summed E-state index contributed by atoms with van der Waals surface area (Å²) in [6.07, 6.45) is 1.02. The van der Waals surface area contributed by atoms with E-state index in [2.05, 4.69) is 36.1 Å². The minimum Gasteiger partial charge on any atom is -0.341 e. The van der Waals surface area contributed by atoms with Crippen molar-refractivity contribution < 1.29 is 4.79 Å². The van der Waals surface area contributed by atoms with Gasteiger partial charge in [0.1, 0.15) is 0 Å². The maximum atomic E-state index is 12.5. The zero-order valence-corrected chi connectivity index (χ0v) is 16.5. The van der Waals surface area contributed by atoms with Gasteiger partial charge in [-0.3, -0.25) is 9.69 Å². The van der Waals surface area contributed by atoms with Crippen molar-refractivity contribution in [3.63, 3.8) is 0 Å². The Labute approximate surface area is 158 Å². The molecular weight excluding hydrogens is 345 g/mol. The van der Waals surface area contributed by atoms with Gasteiger partial charge in [-0.05, 0) is 25.8 Å². The number of hydrogen-bond acceptors (Lipinski definition) is 3. The summed E-state index contributed by atoms with van der Waals surface area (Å²) in [4.78, 5) is 17.0. The van der Waals surface area contributed by atoms with Crippen molar-refractivity contribution in [2.24, 2.45) is 11.7 Å². The second-order valence-electron chi connectivity index (χ2n) is 6.57. The highest BCUT2D eigenvalue weighted by Crippen LogP contribution is 2.16. The first-order valence-corrected chi connectivity index (χ1v) is 8.31. The molecule has 0 aliphatic carbocycles. The molecule has 1 heterocycles. The molecule has 1 aliphatic rings. The summed E-state index contributed by atoms with van der Waals surface area (Å²) in [6.45, 7) is 9.61. The van der Waals surface area contributed by atoms with Crippen molar-refractivity contribution in [3.05, 3.63) is 35.9 Å². The lowest BCUT2D eigenvalue weighted by molar-refractivity contribution is -0.135. The number of nitrogens with zero attached hydrogens (tertiary/aromatic N) is 2. The minimum absolute atomic E-state index is 0. The van der Waals surface area contributed by atoms with E-state index in [1.807, 2.05) is 24.8 Å². The topological polar surface area (TPSA) is 49.6 Å². The van der Waals surface area contributed by atoms with Crippen molar-refractivity contribution in [3.8, 4) is 0 Å². The van der Waals surface area contributed by atoms with E-state index in [0.717, 1.165) is 32.6 Å². The number of carbonyl (C=O) groups excluding carboxylic acids is 1. The Morgan fingerprint density at radius 2 is 1.79 bits per heavy atom. The average Bonchev–Trinajstić information content (AvgIpc) is 2.69. The van der Waals surface area contributed by atoms with Crippen molar-refractivity contribution in [2.75, 3.05) is 19.6 Å². The second kappa shape index (κ2) is 10.9. The molecule has 138 valence electrons. The SMILES string of the molecule is CC(N)C(C)C(=O)N1CCC(C)N(Cc2ccccc2)CC1.Cl.Cl. The first kappa shape index (κ1) is 23.2. The van der Waals surface area contributed by atoms with Crippen LogP contribution in [0.1, 0.15) is 32.8 Å². The highest BCUT2D eigenvalue weighted by Gasteiger charge is 2.27. The van der Waals surface area contributed by atoms with Gasteiger partial charge in [-0.15, -0.1) is 24.8 Å². The lowest BCUT2D eigenvalue weighted by Gasteiger charge is -2.27. The Morgan fingerprint density at radius 1 is 1.17 bits per heavy atom. The lowest BCUT2D eigenvalue weighted by atomic mass is 10.0. The van der Waals surface area contributed by atoms with Crippen LogP contribution in [0.5, 0.6) is 0 Å². The third-order valence-electron chi connectivity index (χ3n) is 4.82. The molecule has 2 N–H and O–H groups in total. The lowest BCUT2D eigenvalue weighted by Crippen LogP contribution is -2.43. The molecule has 0 radical (unpaired) electrons. The van der Waals surface area contributed by atoms with Crippen LogP contribution in [0.15, 0.2) is 30.3 Å². The number of amides is 1. The van der Waals surface area contributed by atoms with Gasteiger partial charge < -0.3 is 10.6 Å². The van der Waals surface area contributed by atoms with E-state index >= 15 is 0 Å². The van der Waals surface area contributed by atoms with E-state index in [-0.39, 0.29) is 42.7 Å². The molecule has 2 rings (SSSR count). The van der Waals surface area contributed by atoms with Gasteiger partial charge in [0, 0.05) is 38.3 Å². The first-order valence-electron chi connectivity index (χ1n) is 8.31. The fraction of sp³-hybridized carbons (Fsp3) is 0.611. The van der Waals surface area contributed by atoms with Crippen LogP contribution in [-0.2, 0) is 11.3 Å². The molecule has 1 amide bonds. The molecule has 1 fully saturated rings. The normalized spacial score (nSPS) is 21.0. The monoisotopic (exact) mass is 375 g/mol. The molecule has 0 saturated carbocycles. The molecule has 0 spiro atoms. The van der Waals surface area contributed by atoms with Gasteiger partial charge in [0.2, 0.25) is 5.91 Å². The van der Waals surface area contributed by atoms with Gasteiger partial charge >= 0.3 is 0 Å². The average molecular weight is 376 g/mol. The van der Waals surface area contributed by atoms with Crippen LogP contribution in [-0.4, -0.2) is 47.4 Å². The highest BCUT2D eigenvalue weighted by molar-refractivity contribution is 5.85. The van der Waals surface area contributed by atoms with Crippen LogP contribution in [0.25, 0.3) is 0 Å². The smallest absolute Gasteiger partial charge is 0.226 e. The molecule has 3 unspecified atom stereocenters. The van der Waals surface area contributed by atoms with Gasteiger partial charge in [-0.1, -0.05) is 37.3 Å².